The molecule has 1 N–H and O–H groups in total. The van der Waals surface area contributed by atoms with E-state index >= 15 is 0 Å². The highest BCUT2D eigenvalue weighted by Crippen LogP contribution is 2.38. The Morgan fingerprint density at radius 1 is 1.13 bits per heavy atom. The van der Waals surface area contributed by atoms with Crippen LogP contribution in [0.3, 0.4) is 0 Å². The zero-order valence-electron chi connectivity index (χ0n) is 14.9. The van der Waals surface area contributed by atoms with Crippen molar-refractivity contribution in [2.75, 3.05) is 42.0 Å². The monoisotopic (exact) mass is 324 g/mol. The first kappa shape index (κ1) is 19.1. The molecule has 0 aliphatic rings. The number of ether oxygens (including phenoxy) is 3. The molecule has 130 valence electrons. The van der Waals surface area contributed by atoms with Gasteiger partial charge in [-0.25, -0.2) is 0 Å². The molecule has 0 saturated heterocycles. The molecule has 0 bridgehead atoms. The number of methoxy groups -OCH3 is 3. The van der Waals surface area contributed by atoms with E-state index in [1.165, 1.54) is 0 Å². The number of nitrogens with zero attached hydrogens (tertiary/aromatic N) is 1. The van der Waals surface area contributed by atoms with Crippen LogP contribution in [0.1, 0.15) is 18.9 Å². The Kier molecular flexibility index (Phi) is 7.68. The summed E-state index contributed by atoms with van der Waals surface area (Å²) in [5.74, 6) is 1.61. The molecule has 1 unspecified atom stereocenters. The fourth-order valence-corrected chi connectivity index (χ4v) is 2.27. The molecule has 1 atom stereocenters. The first-order valence-electron chi connectivity index (χ1n) is 7.64. The first-order valence-corrected chi connectivity index (χ1v) is 7.64. The van der Waals surface area contributed by atoms with Gasteiger partial charge in [0.1, 0.15) is 0 Å². The van der Waals surface area contributed by atoms with Crippen LogP contribution in [0.25, 0.3) is 0 Å². The van der Waals surface area contributed by atoms with Crippen molar-refractivity contribution in [2.24, 2.45) is 0 Å². The average molecular weight is 324 g/mol. The summed E-state index contributed by atoms with van der Waals surface area (Å²) in [5, 5.41) is 3.01. The summed E-state index contributed by atoms with van der Waals surface area (Å²) in [5.41, 5.74) is 0.816. The van der Waals surface area contributed by atoms with E-state index in [1.54, 1.807) is 33.5 Å². The third-order valence-corrected chi connectivity index (χ3v) is 3.51. The average Bonchev–Trinajstić information content (AvgIpc) is 2.51. The Bertz CT molecular complexity index is 492. The molecular weight excluding hydrogens is 296 g/mol. The fraction of sp³-hybridized carbons (Fsp3) is 0.588. The Morgan fingerprint density at radius 3 is 2.13 bits per heavy atom. The van der Waals surface area contributed by atoms with Crippen LogP contribution in [0.2, 0.25) is 0 Å². The van der Waals surface area contributed by atoms with Crippen molar-refractivity contribution in [3.8, 4) is 17.2 Å². The van der Waals surface area contributed by atoms with Gasteiger partial charge in [-0.2, -0.15) is 0 Å². The topological polar surface area (TPSA) is 60.0 Å². The van der Waals surface area contributed by atoms with Crippen molar-refractivity contribution in [1.29, 1.82) is 0 Å². The lowest BCUT2D eigenvalue weighted by atomic mass is 10.1. The standard InChI is InChI=1S/C17H28N2O4/c1-12(7-8-19(2)3)18-16(20)11-13-9-14(21-4)17(23-6)15(10-13)22-5/h9-10,12H,7-8,11H2,1-6H3,(H,18,20). The number of carbonyl (C=O) groups excluding carboxylic acids is 1. The highest BCUT2D eigenvalue weighted by atomic mass is 16.5. The van der Waals surface area contributed by atoms with Gasteiger partial charge in [0, 0.05) is 6.04 Å². The summed E-state index contributed by atoms with van der Waals surface area (Å²) in [6.07, 6.45) is 1.18. The molecular formula is C17H28N2O4. The number of nitrogens with one attached hydrogen (secondary N) is 1. The maximum atomic E-state index is 12.2. The van der Waals surface area contributed by atoms with E-state index in [-0.39, 0.29) is 18.4 Å². The van der Waals surface area contributed by atoms with Gasteiger partial charge in [-0.3, -0.25) is 4.79 Å². The van der Waals surface area contributed by atoms with E-state index in [9.17, 15) is 4.79 Å². The van der Waals surface area contributed by atoms with Gasteiger partial charge in [0.2, 0.25) is 11.7 Å². The second-order valence-corrected chi connectivity index (χ2v) is 5.77. The van der Waals surface area contributed by atoms with E-state index in [4.69, 9.17) is 14.2 Å². The molecule has 1 rings (SSSR count). The van der Waals surface area contributed by atoms with E-state index < -0.39 is 0 Å². The molecule has 0 fully saturated rings. The molecule has 6 nitrogen and oxygen atoms in total. The Hall–Kier alpha value is -1.95. The van der Waals surface area contributed by atoms with E-state index in [0.29, 0.717) is 17.2 Å². The lowest BCUT2D eigenvalue weighted by Gasteiger charge is -2.17. The van der Waals surface area contributed by atoms with Crippen molar-refractivity contribution in [3.63, 3.8) is 0 Å². The molecule has 0 radical (unpaired) electrons. The summed E-state index contributed by atoms with van der Waals surface area (Å²) in [7, 11) is 8.71. The lowest BCUT2D eigenvalue weighted by molar-refractivity contribution is -0.121. The van der Waals surface area contributed by atoms with Gasteiger partial charge in [-0.05, 0) is 51.7 Å². The predicted octanol–water partition coefficient (Wildman–Crippen LogP) is 1.71. The summed E-state index contributed by atoms with van der Waals surface area (Å²) in [6.45, 7) is 2.95. The maximum absolute atomic E-state index is 12.2. The van der Waals surface area contributed by atoms with Crippen molar-refractivity contribution < 1.29 is 19.0 Å². The minimum Gasteiger partial charge on any atom is -0.493 e. The number of hydrogen-bond donors (Lipinski definition) is 1. The number of rotatable bonds is 9. The Balaban J connectivity index is 2.74. The molecule has 6 heteroatoms. The molecule has 0 saturated carbocycles. The minimum atomic E-state index is -0.0227. The zero-order chi connectivity index (χ0) is 17.4. The van der Waals surface area contributed by atoms with E-state index in [2.05, 4.69) is 10.2 Å². The number of hydrogen-bond acceptors (Lipinski definition) is 5. The molecule has 1 aromatic carbocycles. The van der Waals surface area contributed by atoms with Gasteiger partial charge < -0.3 is 24.4 Å². The molecule has 0 aliphatic carbocycles. The van der Waals surface area contributed by atoms with E-state index in [1.807, 2.05) is 21.0 Å². The Morgan fingerprint density at radius 2 is 1.70 bits per heavy atom. The molecule has 0 heterocycles. The van der Waals surface area contributed by atoms with Gasteiger partial charge in [-0.1, -0.05) is 0 Å². The summed E-state index contributed by atoms with van der Waals surface area (Å²) < 4.78 is 15.9. The van der Waals surface area contributed by atoms with Crippen LogP contribution in [0.5, 0.6) is 17.2 Å². The molecule has 23 heavy (non-hydrogen) atoms. The van der Waals surface area contributed by atoms with Gasteiger partial charge >= 0.3 is 0 Å². The van der Waals surface area contributed by atoms with Crippen LogP contribution in [0.15, 0.2) is 12.1 Å². The largest absolute Gasteiger partial charge is 0.493 e. The van der Waals surface area contributed by atoms with Gasteiger partial charge in [0.15, 0.2) is 11.5 Å². The zero-order valence-corrected chi connectivity index (χ0v) is 14.9. The number of amides is 1. The third kappa shape index (κ3) is 5.98. The molecule has 1 amide bonds. The highest BCUT2D eigenvalue weighted by molar-refractivity contribution is 5.79. The maximum Gasteiger partial charge on any atom is 0.224 e. The molecule has 0 aliphatic heterocycles. The summed E-state index contributed by atoms with van der Waals surface area (Å²) in [4.78, 5) is 14.3. The second-order valence-electron chi connectivity index (χ2n) is 5.77. The number of carbonyl (C=O) groups is 1. The number of benzene rings is 1. The van der Waals surface area contributed by atoms with Crippen LogP contribution >= 0.6 is 0 Å². The molecule has 1 aromatic rings. The summed E-state index contributed by atoms with van der Waals surface area (Å²) >= 11 is 0. The van der Waals surface area contributed by atoms with Crippen molar-refractivity contribution in [1.82, 2.24) is 10.2 Å². The second kappa shape index (κ2) is 9.25. The van der Waals surface area contributed by atoms with Gasteiger partial charge in [-0.15, -0.1) is 0 Å². The van der Waals surface area contributed by atoms with Crippen LogP contribution < -0.4 is 19.5 Å². The quantitative estimate of drug-likeness (QED) is 0.749. The fourth-order valence-electron chi connectivity index (χ4n) is 2.27. The van der Waals surface area contributed by atoms with Crippen molar-refractivity contribution >= 4 is 5.91 Å². The van der Waals surface area contributed by atoms with Crippen molar-refractivity contribution in [3.05, 3.63) is 17.7 Å². The highest BCUT2D eigenvalue weighted by Gasteiger charge is 2.15. The summed E-state index contributed by atoms with van der Waals surface area (Å²) in [6, 6.07) is 3.73. The Labute approximate surface area is 138 Å². The van der Waals surface area contributed by atoms with Crippen LogP contribution in [-0.4, -0.2) is 58.8 Å². The van der Waals surface area contributed by atoms with Gasteiger partial charge in [0.05, 0.1) is 27.8 Å². The molecule has 0 aromatic heterocycles. The van der Waals surface area contributed by atoms with Crippen LogP contribution in [-0.2, 0) is 11.2 Å². The third-order valence-electron chi connectivity index (χ3n) is 3.51. The van der Waals surface area contributed by atoms with Crippen LogP contribution in [0, 0.1) is 0 Å². The van der Waals surface area contributed by atoms with Crippen molar-refractivity contribution in [2.45, 2.75) is 25.8 Å². The normalized spacial score (nSPS) is 12.0. The molecule has 0 spiro atoms. The minimum absolute atomic E-state index is 0.0227. The van der Waals surface area contributed by atoms with Gasteiger partial charge in [0.25, 0.3) is 0 Å². The first-order chi connectivity index (χ1) is 10.9. The van der Waals surface area contributed by atoms with Crippen LogP contribution in [0.4, 0.5) is 0 Å². The lowest BCUT2D eigenvalue weighted by Crippen LogP contribution is -2.35. The van der Waals surface area contributed by atoms with E-state index in [0.717, 1.165) is 18.5 Å². The SMILES string of the molecule is COc1cc(CC(=O)NC(C)CCN(C)C)cc(OC)c1OC. The smallest absolute Gasteiger partial charge is 0.224 e. The predicted molar refractivity (Wildman–Crippen MR) is 90.6 cm³/mol.